The van der Waals surface area contributed by atoms with Gasteiger partial charge in [0.25, 0.3) is 0 Å². The highest BCUT2D eigenvalue weighted by molar-refractivity contribution is 7.98. The van der Waals surface area contributed by atoms with Gasteiger partial charge in [-0.15, -0.1) is 11.8 Å². The number of hydrogen-bond donors (Lipinski definition) is 1. The van der Waals surface area contributed by atoms with Crippen LogP contribution in [0.5, 0.6) is 0 Å². The molecule has 21 heavy (non-hydrogen) atoms. The van der Waals surface area contributed by atoms with Gasteiger partial charge in [0, 0.05) is 32.4 Å². The molecule has 1 aliphatic rings. The van der Waals surface area contributed by atoms with Gasteiger partial charge in [0.15, 0.2) is 5.82 Å². The van der Waals surface area contributed by atoms with Gasteiger partial charge in [-0.2, -0.15) is 0 Å². The van der Waals surface area contributed by atoms with E-state index < -0.39 is 6.09 Å². The van der Waals surface area contributed by atoms with E-state index in [2.05, 4.69) is 19.9 Å². The Morgan fingerprint density at radius 3 is 2.67 bits per heavy atom. The zero-order valence-corrected chi connectivity index (χ0v) is 12.4. The van der Waals surface area contributed by atoms with E-state index in [1.54, 1.807) is 24.2 Å². The summed E-state index contributed by atoms with van der Waals surface area (Å²) in [4.78, 5) is 27.8. The summed E-state index contributed by atoms with van der Waals surface area (Å²) >= 11 is 1.55. The van der Waals surface area contributed by atoms with Crippen molar-refractivity contribution in [1.29, 1.82) is 0 Å². The van der Waals surface area contributed by atoms with Crippen molar-refractivity contribution in [2.24, 2.45) is 0 Å². The van der Waals surface area contributed by atoms with E-state index in [-0.39, 0.29) is 0 Å². The highest BCUT2D eigenvalue weighted by Crippen LogP contribution is 2.27. The fourth-order valence-electron chi connectivity index (χ4n) is 2.33. The van der Waals surface area contributed by atoms with E-state index in [1.807, 2.05) is 12.3 Å². The maximum atomic E-state index is 11.0. The first-order valence-corrected chi connectivity index (χ1v) is 7.80. The van der Waals surface area contributed by atoms with E-state index >= 15 is 0 Å². The van der Waals surface area contributed by atoms with Gasteiger partial charge in [-0.1, -0.05) is 0 Å². The number of thioether (sulfide) groups is 1. The van der Waals surface area contributed by atoms with E-state index in [4.69, 9.17) is 5.11 Å². The lowest BCUT2D eigenvalue weighted by Crippen LogP contribution is -2.48. The van der Waals surface area contributed by atoms with Gasteiger partial charge in [0.2, 0.25) is 0 Å². The summed E-state index contributed by atoms with van der Waals surface area (Å²) in [6, 6.07) is 1.84. The van der Waals surface area contributed by atoms with Crippen LogP contribution >= 0.6 is 11.8 Å². The summed E-state index contributed by atoms with van der Waals surface area (Å²) in [6.07, 6.45) is 4.50. The van der Waals surface area contributed by atoms with E-state index in [9.17, 15) is 4.79 Å². The minimum Gasteiger partial charge on any atom is -0.465 e. The number of piperazine rings is 1. The molecular formula is C13H15N5O2S. The van der Waals surface area contributed by atoms with Crippen LogP contribution in [0.4, 0.5) is 10.6 Å². The van der Waals surface area contributed by atoms with Gasteiger partial charge in [0.1, 0.15) is 10.5 Å². The molecule has 110 valence electrons. The normalized spacial score (nSPS) is 15.5. The van der Waals surface area contributed by atoms with Gasteiger partial charge in [-0.3, -0.25) is 4.98 Å². The number of fused-ring (bicyclic) bond motifs is 1. The molecule has 0 spiro atoms. The molecule has 0 radical (unpaired) electrons. The van der Waals surface area contributed by atoms with Crippen LogP contribution in [0.1, 0.15) is 0 Å². The van der Waals surface area contributed by atoms with Crippen LogP contribution in [-0.4, -0.2) is 63.5 Å². The van der Waals surface area contributed by atoms with Crippen LogP contribution in [0.15, 0.2) is 23.5 Å². The topological polar surface area (TPSA) is 82.5 Å². The molecule has 8 heteroatoms. The molecule has 1 N–H and O–H groups in total. The smallest absolute Gasteiger partial charge is 0.407 e. The highest BCUT2D eigenvalue weighted by Gasteiger charge is 2.23. The van der Waals surface area contributed by atoms with Crippen molar-refractivity contribution >= 4 is 34.7 Å². The molecule has 0 unspecified atom stereocenters. The molecule has 2 aromatic rings. The lowest BCUT2D eigenvalue weighted by Gasteiger charge is -2.34. The molecule has 1 amide bonds. The minimum atomic E-state index is -0.867. The summed E-state index contributed by atoms with van der Waals surface area (Å²) in [5, 5.41) is 9.86. The minimum absolute atomic E-state index is 0.482. The Morgan fingerprint density at radius 1 is 1.24 bits per heavy atom. The third-order valence-corrected chi connectivity index (χ3v) is 4.12. The number of carbonyl (C=O) groups is 1. The number of nitrogens with zero attached hydrogens (tertiary/aromatic N) is 5. The third-order valence-electron chi connectivity index (χ3n) is 3.46. The molecule has 7 nitrogen and oxygen atoms in total. The number of pyridine rings is 1. The fourth-order valence-corrected chi connectivity index (χ4v) is 2.88. The van der Waals surface area contributed by atoms with Gasteiger partial charge in [-0.25, -0.2) is 14.8 Å². The van der Waals surface area contributed by atoms with Crippen molar-refractivity contribution in [2.75, 3.05) is 37.3 Å². The van der Waals surface area contributed by atoms with Crippen LogP contribution in [0.3, 0.4) is 0 Å². The van der Waals surface area contributed by atoms with Crippen molar-refractivity contribution in [1.82, 2.24) is 19.9 Å². The van der Waals surface area contributed by atoms with Gasteiger partial charge in [0.05, 0.1) is 11.7 Å². The average Bonchev–Trinajstić information content (AvgIpc) is 2.53. The summed E-state index contributed by atoms with van der Waals surface area (Å²) in [5.41, 5.74) is 1.58. The number of aromatic nitrogens is 3. The van der Waals surface area contributed by atoms with Gasteiger partial charge in [-0.05, 0) is 12.3 Å². The summed E-state index contributed by atoms with van der Waals surface area (Å²) in [7, 11) is 0. The highest BCUT2D eigenvalue weighted by atomic mass is 32.2. The molecule has 0 saturated carbocycles. The molecule has 3 rings (SSSR count). The molecule has 3 heterocycles. The standard InChI is InChI=1S/C13H15N5O2S/c1-21-12-11(15-10-8-14-3-2-9(10)16-12)17-4-6-18(7-5-17)13(19)20/h2-3,8H,4-7H2,1H3,(H,19,20). The Balaban J connectivity index is 1.91. The maximum absolute atomic E-state index is 11.0. The Morgan fingerprint density at radius 2 is 2.00 bits per heavy atom. The Hall–Kier alpha value is -2.09. The second-order valence-electron chi connectivity index (χ2n) is 4.68. The van der Waals surface area contributed by atoms with Crippen molar-refractivity contribution in [3.05, 3.63) is 18.5 Å². The molecule has 0 atom stereocenters. The lowest BCUT2D eigenvalue weighted by atomic mass is 10.3. The summed E-state index contributed by atoms with van der Waals surface area (Å²) < 4.78 is 0. The quantitative estimate of drug-likeness (QED) is 0.843. The third kappa shape index (κ3) is 2.71. The number of amides is 1. The maximum Gasteiger partial charge on any atom is 0.407 e. The monoisotopic (exact) mass is 305 g/mol. The SMILES string of the molecule is CSc1nc2ccncc2nc1N1CCN(C(=O)O)CC1. The molecule has 1 saturated heterocycles. The Kier molecular flexibility index (Phi) is 3.78. The largest absolute Gasteiger partial charge is 0.465 e. The number of hydrogen-bond acceptors (Lipinski definition) is 6. The van der Waals surface area contributed by atoms with E-state index in [0.717, 1.165) is 21.9 Å². The molecule has 1 aliphatic heterocycles. The summed E-state index contributed by atoms with van der Waals surface area (Å²) in [6.45, 7) is 2.21. The van der Waals surface area contributed by atoms with Gasteiger partial charge < -0.3 is 14.9 Å². The van der Waals surface area contributed by atoms with Crippen LogP contribution in [0.2, 0.25) is 0 Å². The van der Waals surface area contributed by atoms with Crippen LogP contribution in [0, 0.1) is 0 Å². The average molecular weight is 305 g/mol. The molecule has 2 aromatic heterocycles. The number of rotatable bonds is 2. The lowest BCUT2D eigenvalue weighted by molar-refractivity contribution is 0.142. The van der Waals surface area contributed by atoms with Crippen molar-refractivity contribution < 1.29 is 9.90 Å². The van der Waals surface area contributed by atoms with Crippen LogP contribution < -0.4 is 4.90 Å². The second-order valence-corrected chi connectivity index (χ2v) is 5.47. The molecule has 1 fully saturated rings. The number of carboxylic acid groups (broad SMARTS) is 1. The zero-order chi connectivity index (χ0) is 14.8. The first-order chi connectivity index (χ1) is 10.2. The molecule has 0 aromatic carbocycles. The van der Waals surface area contributed by atoms with Crippen LogP contribution in [0.25, 0.3) is 11.0 Å². The zero-order valence-electron chi connectivity index (χ0n) is 11.6. The van der Waals surface area contributed by atoms with E-state index in [0.29, 0.717) is 26.2 Å². The Bertz CT molecular complexity index is 673. The second kappa shape index (κ2) is 5.72. The van der Waals surface area contributed by atoms with Crippen molar-refractivity contribution in [2.45, 2.75) is 5.03 Å². The molecular weight excluding hydrogens is 290 g/mol. The summed E-state index contributed by atoms with van der Waals surface area (Å²) in [5.74, 6) is 0.813. The van der Waals surface area contributed by atoms with Crippen molar-refractivity contribution in [3.8, 4) is 0 Å². The predicted octanol–water partition coefficient (Wildman–Crippen LogP) is 1.55. The predicted molar refractivity (Wildman–Crippen MR) is 80.9 cm³/mol. The van der Waals surface area contributed by atoms with Crippen LogP contribution in [-0.2, 0) is 0 Å². The number of anilines is 1. The Labute approximate surface area is 126 Å². The first kappa shape index (κ1) is 13.9. The van der Waals surface area contributed by atoms with Gasteiger partial charge >= 0.3 is 6.09 Å². The van der Waals surface area contributed by atoms with E-state index in [1.165, 1.54) is 4.90 Å². The molecule has 0 aliphatic carbocycles. The van der Waals surface area contributed by atoms with Crippen molar-refractivity contribution in [3.63, 3.8) is 0 Å². The molecule has 0 bridgehead atoms. The first-order valence-electron chi connectivity index (χ1n) is 6.57. The fraction of sp³-hybridized carbons (Fsp3) is 0.385.